The Morgan fingerprint density at radius 1 is 1.20 bits per heavy atom. The lowest BCUT2D eigenvalue weighted by atomic mass is 9.86. The molecule has 1 aromatic heterocycles. The number of nitrogens with zero attached hydrogens (tertiary/aromatic N) is 2. The second-order valence-corrected chi connectivity index (χ2v) is 7.17. The van der Waals surface area contributed by atoms with Crippen molar-refractivity contribution in [3.63, 3.8) is 0 Å². The van der Waals surface area contributed by atoms with E-state index in [4.69, 9.17) is 0 Å². The minimum Gasteiger partial charge on any atom is -0.310 e. The fraction of sp³-hybridized carbons (Fsp3) is 0.286. The highest BCUT2D eigenvalue weighted by atomic mass is 16.2. The summed E-state index contributed by atoms with van der Waals surface area (Å²) >= 11 is 0. The van der Waals surface area contributed by atoms with E-state index in [1.165, 1.54) is 11.1 Å². The first-order chi connectivity index (χ1) is 12.0. The molecule has 2 aromatic rings. The number of aryl methyl sites for hydroxylation is 1. The van der Waals surface area contributed by atoms with Crippen LogP contribution in [0.5, 0.6) is 0 Å². The molecule has 1 amide bonds. The molecule has 1 N–H and O–H groups in total. The molecule has 25 heavy (non-hydrogen) atoms. The van der Waals surface area contributed by atoms with Gasteiger partial charge in [-0.3, -0.25) is 9.78 Å². The van der Waals surface area contributed by atoms with Gasteiger partial charge in [-0.1, -0.05) is 19.1 Å². The summed E-state index contributed by atoms with van der Waals surface area (Å²) in [7, 11) is 0. The maximum Gasteiger partial charge on any atom is 0.232 e. The quantitative estimate of drug-likeness (QED) is 0.913. The number of aromatic nitrogens is 1. The van der Waals surface area contributed by atoms with Crippen LogP contribution in [0.2, 0.25) is 0 Å². The standard InChI is InChI=1S/C21H21N3O/c1-14-7-8-15-10-16-12-21(2,13-17(16)11-18(15)23-14)20(25)24-19-6-4-3-5-9-22-19/h3,5-11H,4,12-13H2,1-2H3,(H,24,25)/t21-/m1/s1. The van der Waals surface area contributed by atoms with Crippen LogP contribution in [0.1, 0.15) is 30.2 Å². The van der Waals surface area contributed by atoms with Gasteiger partial charge in [-0.05, 0) is 67.7 Å². The van der Waals surface area contributed by atoms with Crippen LogP contribution in [0.3, 0.4) is 0 Å². The Morgan fingerprint density at radius 3 is 2.84 bits per heavy atom. The van der Waals surface area contributed by atoms with Crippen molar-refractivity contribution in [1.82, 2.24) is 10.3 Å². The third kappa shape index (κ3) is 3.00. The number of hydrogen-bond acceptors (Lipinski definition) is 3. The van der Waals surface area contributed by atoms with Gasteiger partial charge in [0.05, 0.1) is 10.9 Å². The molecule has 4 heteroatoms. The Morgan fingerprint density at radius 2 is 2.00 bits per heavy atom. The molecular formula is C21H21N3O. The Balaban J connectivity index is 1.59. The van der Waals surface area contributed by atoms with Gasteiger partial charge in [0.1, 0.15) is 5.82 Å². The molecule has 1 aliphatic heterocycles. The lowest BCUT2D eigenvalue weighted by Crippen LogP contribution is -2.38. The van der Waals surface area contributed by atoms with Crippen LogP contribution in [0.15, 0.2) is 53.3 Å². The van der Waals surface area contributed by atoms with Crippen molar-refractivity contribution in [3.8, 4) is 0 Å². The number of carbonyl (C=O) groups excluding carboxylic acids is 1. The van der Waals surface area contributed by atoms with Crippen LogP contribution < -0.4 is 5.32 Å². The molecule has 4 rings (SSSR count). The number of pyridine rings is 1. The van der Waals surface area contributed by atoms with Crippen molar-refractivity contribution in [3.05, 3.63) is 65.1 Å². The van der Waals surface area contributed by atoms with Crippen LogP contribution in [0.25, 0.3) is 10.9 Å². The fourth-order valence-corrected chi connectivity index (χ4v) is 3.60. The second-order valence-electron chi connectivity index (χ2n) is 7.17. The van der Waals surface area contributed by atoms with Crippen molar-refractivity contribution in [2.24, 2.45) is 10.4 Å². The van der Waals surface area contributed by atoms with E-state index in [1.54, 1.807) is 6.21 Å². The van der Waals surface area contributed by atoms with E-state index in [-0.39, 0.29) is 5.91 Å². The van der Waals surface area contributed by atoms with Crippen molar-refractivity contribution in [1.29, 1.82) is 0 Å². The summed E-state index contributed by atoms with van der Waals surface area (Å²) in [6, 6.07) is 8.46. The van der Waals surface area contributed by atoms with Gasteiger partial charge < -0.3 is 5.32 Å². The lowest BCUT2D eigenvalue weighted by Gasteiger charge is -2.22. The molecule has 2 aliphatic rings. The number of fused-ring (bicyclic) bond motifs is 2. The average Bonchev–Trinajstić information content (AvgIpc) is 2.74. The molecule has 1 aromatic carbocycles. The topological polar surface area (TPSA) is 54.4 Å². The van der Waals surface area contributed by atoms with Gasteiger partial charge in [-0.15, -0.1) is 0 Å². The number of amides is 1. The highest BCUT2D eigenvalue weighted by Crippen LogP contribution is 2.38. The molecule has 0 unspecified atom stereocenters. The van der Waals surface area contributed by atoms with E-state index >= 15 is 0 Å². The smallest absolute Gasteiger partial charge is 0.232 e. The van der Waals surface area contributed by atoms with Crippen molar-refractivity contribution in [2.75, 3.05) is 0 Å². The van der Waals surface area contributed by atoms with Crippen LogP contribution >= 0.6 is 0 Å². The van der Waals surface area contributed by atoms with E-state index in [9.17, 15) is 4.79 Å². The summed E-state index contributed by atoms with van der Waals surface area (Å²) in [4.78, 5) is 21.8. The Bertz CT molecular complexity index is 955. The molecule has 2 heterocycles. The van der Waals surface area contributed by atoms with E-state index < -0.39 is 5.41 Å². The van der Waals surface area contributed by atoms with Crippen molar-refractivity contribution >= 4 is 23.0 Å². The van der Waals surface area contributed by atoms with E-state index in [2.05, 4.69) is 33.5 Å². The molecule has 0 radical (unpaired) electrons. The first kappa shape index (κ1) is 15.8. The molecule has 4 nitrogen and oxygen atoms in total. The summed E-state index contributed by atoms with van der Waals surface area (Å²) in [6.45, 7) is 4.03. The predicted octanol–water partition coefficient (Wildman–Crippen LogP) is 3.64. The maximum atomic E-state index is 12.9. The van der Waals surface area contributed by atoms with Crippen LogP contribution in [0.4, 0.5) is 0 Å². The summed E-state index contributed by atoms with van der Waals surface area (Å²) in [5, 5.41) is 4.13. The number of carbonyl (C=O) groups is 1. The van der Waals surface area contributed by atoms with Crippen LogP contribution in [-0.4, -0.2) is 17.1 Å². The molecular weight excluding hydrogens is 310 g/mol. The number of nitrogens with one attached hydrogen (secondary N) is 1. The van der Waals surface area contributed by atoms with Crippen LogP contribution in [-0.2, 0) is 17.6 Å². The highest BCUT2D eigenvalue weighted by Gasteiger charge is 2.40. The summed E-state index contributed by atoms with van der Waals surface area (Å²) in [5.41, 5.74) is 4.03. The number of rotatable bonds is 2. The molecule has 1 aliphatic carbocycles. The first-order valence-electron chi connectivity index (χ1n) is 8.63. The number of allylic oxidation sites excluding steroid dienone is 3. The largest absolute Gasteiger partial charge is 0.310 e. The second kappa shape index (κ2) is 5.96. The average molecular weight is 331 g/mol. The van der Waals surface area contributed by atoms with E-state index in [0.717, 1.165) is 35.9 Å². The number of aliphatic imine (C=N–C) groups is 1. The minimum absolute atomic E-state index is 0.0298. The van der Waals surface area contributed by atoms with Gasteiger partial charge >= 0.3 is 0 Å². The van der Waals surface area contributed by atoms with Gasteiger partial charge in [-0.25, -0.2) is 4.99 Å². The third-order valence-electron chi connectivity index (χ3n) is 4.98. The van der Waals surface area contributed by atoms with Gasteiger partial charge in [0.15, 0.2) is 0 Å². The first-order valence-corrected chi connectivity index (χ1v) is 8.63. The zero-order chi connectivity index (χ0) is 17.4. The SMILES string of the molecule is Cc1ccc2cc3c(cc2n1)C[C@](C)(C(=O)NC1=CCC=CC=N1)C3. The number of benzene rings is 1. The Labute approximate surface area is 147 Å². The molecule has 0 spiro atoms. The number of hydrogen-bond donors (Lipinski definition) is 1. The van der Waals surface area contributed by atoms with E-state index in [1.807, 2.05) is 38.1 Å². The molecule has 1 atom stereocenters. The minimum atomic E-state index is -0.454. The fourth-order valence-electron chi connectivity index (χ4n) is 3.60. The third-order valence-corrected chi connectivity index (χ3v) is 4.98. The van der Waals surface area contributed by atoms with Gasteiger partial charge in [0, 0.05) is 17.3 Å². The van der Waals surface area contributed by atoms with Crippen molar-refractivity contribution < 1.29 is 4.79 Å². The normalized spacial score (nSPS) is 21.8. The lowest BCUT2D eigenvalue weighted by molar-refractivity contribution is -0.129. The summed E-state index contributed by atoms with van der Waals surface area (Å²) < 4.78 is 0. The Kier molecular flexibility index (Phi) is 3.75. The zero-order valence-electron chi connectivity index (χ0n) is 14.5. The van der Waals surface area contributed by atoms with Gasteiger partial charge in [0.25, 0.3) is 0 Å². The summed E-state index contributed by atoms with van der Waals surface area (Å²) in [5.74, 6) is 0.664. The van der Waals surface area contributed by atoms with Crippen LogP contribution in [0, 0.1) is 12.3 Å². The molecule has 0 saturated heterocycles. The van der Waals surface area contributed by atoms with E-state index in [0.29, 0.717) is 5.82 Å². The summed E-state index contributed by atoms with van der Waals surface area (Å²) in [6.07, 6.45) is 9.81. The predicted molar refractivity (Wildman–Crippen MR) is 100 cm³/mol. The van der Waals surface area contributed by atoms with Crippen molar-refractivity contribution in [2.45, 2.75) is 33.1 Å². The van der Waals surface area contributed by atoms with Gasteiger partial charge in [0.2, 0.25) is 5.91 Å². The Hall–Kier alpha value is -2.75. The molecule has 0 saturated carbocycles. The molecule has 0 bridgehead atoms. The van der Waals surface area contributed by atoms with Gasteiger partial charge in [-0.2, -0.15) is 0 Å². The monoisotopic (exact) mass is 331 g/mol. The molecule has 126 valence electrons. The maximum absolute atomic E-state index is 12.9. The molecule has 0 fully saturated rings. The zero-order valence-corrected chi connectivity index (χ0v) is 14.5. The highest BCUT2D eigenvalue weighted by molar-refractivity contribution is 5.88.